The Bertz CT molecular complexity index is 608. The van der Waals surface area contributed by atoms with Gasteiger partial charge in [-0.2, -0.15) is 0 Å². The smallest absolute Gasteiger partial charge is 0.342 e. The van der Waals surface area contributed by atoms with Crippen molar-refractivity contribution in [3.05, 3.63) is 46.6 Å². The Morgan fingerprint density at radius 1 is 1.40 bits per heavy atom. The maximum Gasteiger partial charge on any atom is 0.342 e. The molecule has 0 aliphatic heterocycles. The number of carbonyl (C=O) groups is 1. The minimum atomic E-state index is -0.985. The van der Waals surface area contributed by atoms with Crippen molar-refractivity contribution in [1.82, 2.24) is 15.2 Å². The van der Waals surface area contributed by atoms with Crippen molar-refractivity contribution < 1.29 is 9.90 Å². The molecule has 20 heavy (non-hydrogen) atoms. The van der Waals surface area contributed by atoms with Crippen molar-refractivity contribution in [2.45, 2.75) is 24.9 Å². The molecule has 0 saturated carbocycles. The van der Waals surface area contributed by atoms with Crippen LogP contribution >= 0.6 is 11.8 Å². The fourth-order valence-corrected chi connectivity index (χ4v) is 2.33. The summed E-state index contributed by atoms with van der Waals surface area (Å²) in [7, 11) is 0. The zero-order valence-electron chi connectivity index (χ0n) is 11.0. The van der Waals surface area contributed by atoms with Gasteiger partial charge in [-0.05, 0) is 29.8 Å². The summed E-state index contributed by atoms with van der Waals surface area (Å²) in [6.45, 7) is 2.05. The second kappa shape index (κ2) is 6.91. The molecular formula is C14H15N3O2S. The number of hydrogen-bond donors (Lipinski definition) is 2. The van der Waals surface area contributed by atoms with Crippen molar-refractivity contribution in [3.8, 4) is 0 Å². The van der Waals surface area contributed by atoms with Crippen molar-refractivity contribution in [3.63, 3.8) is 0 Å². The van der Waals surface area contributed by atoms with Gasteiger partial charge in [-0.3, -0.25) is 5.10 Å². The van der Waals surface area contributed by atoms with Gasteiger partial charge in [0.05, 0.1) is 0 Å². The van der Waals surface area contributed by atoms with E-state index in [-0.39, 0.29) is 4.91 Å². The molecule has 2 aromatic rings. The van der Waals surface area contributed by atoms with Crippen LogP contribution < -0.4 is 0 Å². The van der Waals surface area contributed by atoms with Crippen LogP contribution in [0.25, 0.3) is 6.08 Å². The Hall–Kier alpha value is -2.08. The molecule has 1 aromatic carbocycles. The number of carboxylic acids is 1. The number of aromatic amines is 1. The van der Waals surface area contributed by atoms with Crippen molar-refractivity contribution in [2.24, 2.45) is 0 Å². The maximum absolute atomic E-state index is 11.3. The van der Waals surface area contributed by atoms with Crippen LogP contribution in [0.5, 0.6) is 0 Å². The van der Waals surface area contributed by atoms with Crippen molar-refractivity contribution in [2.75, 3.05) is 0 Å². The summed E-state index contributed by atoms with van der Waals surface area (Å²) >= 11 is 1.05. The first-order valence-corrected chi connectivity index (χ1v) is 7.10. The predicted molar refractivity (Wildman–Crippen MR) is 78.3 cm³/mol. The van der Waals surface area contributed by atoms with Gasteiger partial charge in [-0.15, -0.1) is 5.10 Å². The Morgan fingerprint density at radius 2 is 2.15 bits per heavy atom. The van der Waals surface area contributed by atoms with Crippen molar-refractivity contribution >= 4 is 23.8 Å². The lowest BCUT2D eigenvalue weighted by Gasteiger charge is -1.99. The first-order valence-electron chi connectivity index (χ1n) is 6.28. The Balaban J connectivity index is 2.17. The highest BCUT2D eigenvalue weighted by Gasteiger charge is 2.13. The van der Waals surface area contributed by atoms with Crippen LogP contribution in [0.1, 0.15) is 24.7 Å². The Morgan fingerprint density at radius 3 is 2.80 bits per heavy atom. The van der Waals surface area contributed by atoms with Gasteiger partial charge in [-0.1, -0.05) is 37.3 Å². The molecule has 0 bridgehead atoms. The number of aliphatic carboxylic acids is 1. The molecular weight excluding hydrogens is 274 g/mol. The number of thioether (sulfide) groups is 1. The minimum absolute atomic E-state index is 0.193. The molecule has 0 radical (unpaired) electrons. The number of aryl methyl sites for hydroxylation is 1. The van der Waals surface area contributed by atoms with E-state index in [1.165, 1.54) is 0 Å². The van der Waals surface area contributed by atoms with Gasteiger partial charge < -0.3 is 5.11 Å². The van der Waals surface area contributed by atoms with E-state index in [4.69, 9.17) is 0 Å². The SMILES string of the molecule is CCCc1nc(S/C(=C\c2ccccc2)C(=O)O)n[nH]1. The molecule has 0 aliphatic rings. The monoisotopic (exact) mass is 289 g/mol. The number of aromatic nitrogens is 3. The second-order valence-electron chi connectivity index (χ2n) is 4.14. The quantitative estimate of drug-likeness (QED) is 0.631. The predicted octanol–water partition coefficient (Wildman–Crippen LogP) is 2.97. The highest BCUT2D eigenvalue weighted by atomic mass is 32.2. The molecule has 2 rings (SSSR count). The van der Waals surface area contributed by atoms with Gasteiger partial charge in [0.15, 0.2) is 0 Å². The summed E-state index contributed by atoms with van der Waals surface area (Å²) in [6, 6.07) is 9.31. The second-order valence-corrected chi connectivity index (χ2v) is 5.15. The van der Waals surface area contributed by atoms with E-state index >= 15 is 0 Å². The molecule has 0 unspecified atom stereocenters. The third-order valence-electron chi connectivity index (χ3n) is 2.51. The average molecular weight is 289 g/mol. The Kier molecular flexibility index (Phi) is 4.95. The third-order valence-corrected chi connectivity index (χ3v) is 3.38. The average Bonchev–Trinajstić information content (AvgIpc) is 2.87. The third kappa shape index (κ3) is 3.96. The fourth-order valence-electron chi connectivity index (χ4n) is 1.61. The first kappa shape index (κ1) is 14.3. The van der Waals surface area contributed by atoms with Crippen LogP contribution in [-0.4, -0.2) is 26.3 Å². The zero-order chi connectivity index (χ0) is 14.4. The normalized spacial score (nSPS) is 11.6. The maximum atomic E-state index is 11.3. The van der Waals surface area contributed by atoms with Gasteiger partial charge in [-0.25, -0.2) is 9.78 Å². The molecule has 0 aliphatic carbocycles. The van der Waals surface area contributed by atoms with E-state index in [9.17, 15) is 9.90 Å². The summed E-state index contributed by atoms with van der Waals surface area (Å²) in [5.41, 5.74) is 0.835. The van der Waals surface area contributed by atoms with E-state index in [0.717, 1.165) is 36.0 Å². The molecule has 2 N–H and O–H groups in total. The van der Waals surface area contributed by atoms with E-state index in [1.54, 1.807) is 6.08 Å². The molecule has 0 atom stereocenters. The van der Waals surface area contributed by atoms with E-state index in [2.05, 4.69) is 15.2 Å². The van der Waals surface area contributed by atoms with E-state index in [1.807, 2.05) is 37.3 Å². The van der Waals surface area contributed by atoms with E-state index < -0.39 is 5.97 Å². The van der Waals surface area contributed by atoms with Crippen LogP contribution in [0.15, 0.2) is 40.4 Å². The molecule has 0 amide bonds. The summed E-state index contributed by atoms with van der Waals surface area (Å²) < 4.78 is 0. The van der Waals surface area contributed by atoms with Gasteiger partial charge >= 0.3 is 5.97 Å². The highest BCUT2D eigenvalue weighted by molar-refractivity contribution is 8.04. The largest absolute Gasteiger partial charge is 0.477 e. The van der Waals surface area contributed by atoms with Gasteiger partial charge in [0.1, 0.15) is 10.7 Å². The number of carboxylic acid groups (broad SMARTS) is 1. The van der Waals surface area contributed by atoms with Crippen LogP contribution in [0.2, 0.25) is 0 Å². The molecule has 1 heterocycles. The van der Waals surface area contributed by atoms with Gasteiger partial charge in [0.25, 0.3) is 0 Å². The molecule has 104 valence electrons. The molecule has 6 heteroatoms. The lowest BCUT2D eigenvalue weighted by molar-refractivity contribution is -0.131. The lowest BCUT2D eigenvalue weighted by Crippen LogP contribution is -1.97. The summed E-state index contributed by atoms with van der Waals surface area (Å²) in [4.78, 5) is 15.7. The minimum Gasteiger partial charge on any atom is -0.477 e. The first-order chi connectivity index (χ1) is 9.69. The number of H-pyrrole nitrogens is 1. The summed E-state index contributed by atoms with van der Waals surface area (Å²) in [5, 5.41) is 16.5. The number of rotatable bonds is 6. The molecule has 5 nitrogen and oxygen atoms in total. The van der Waals surface area contributed by atoms with Crippen LogP contribution in [0.4, 0.5) is 0 Å². The number of hydrogen-bond acceptors (Lipinski definition) is 4. The molecule has 0 fully saturated rings. The van der Waals surface area contributed by atoms with Crippen molar-refractivity contribution in [1.29, 1.82) is 0 Å². The van der Waals surface area contributed by atoms with Crippen LogP contribution in [0, 0.1) is 0 Å². The standard InChI is InChI=1S/C14H15N3O2S/c1-2-6-12-15-14(17-16-12)20-11(13(18)19)9-10-7-4-3-5-8-10/h3-5,7-9H,2,6H2,1H3,(H,18,19)(H,15,16,17)/b11-9-. The number of nitrogens with one attached hydrogen (secondary N) is 1. The van der Waals surface area contributed by atoms with E-state index in [0.29, 0.717) is 5.16 Å². The summed E-state index contributed by atoms with van der Waals surface area (Å²) in [6.07, 6.45) is 3.38. The topological polar surface area (TPSA) is 78.9 Å². The molecule has 0 spiro atoms. The van der Waals surface area contributed by atoms with Gasteiger partial charge in [0.2, 0.25) is 5.16 Å². The Labute approximate surface area is 121 Å². The highest BCUT2D eigenvalue weighted by Crippen LogP contribution is 2.25. The zero-order valence-corrected chi connectivity index (χ0v) is 11.9. The molecule has 1 aromatic heterocycles. The summed E-state index contributed by atoms with van der Waals surface area (Å²) in [5.74, 6) is -0.208. The fraction of sp³-hybridized carbons (Fsp3) is 0.214. The molecule has 0 saturated heterocycles. The van der Waals surface area contributed by atoms with Crippen LogP contribution in [0.3, 0.4) is 0 Å². The number of benzene rings is 1. The van der Waals surface area contributed by atoms with Gasteiger partial charge in [0, 0.05) is 6.42 Å². The van der Waals surface area contributed by atoms with Crippen LogP contribution in [-0.2, 0) is 11.2 Å². The lowest BCUT2D eigenvalue weighted by atomic mass is 10.2. The number of nitrogens with zero attached hydrogens (tertiary/aromatic N) is 2.